The molecule has 0 radical (unpaired) electrons. The van der Waals surface area contributed by atoms with Crippen LogP contribution in [0.4, 0.5) is 24.5 Å². The molecule has 2 aromatic rings. The molecule has 1 heterocycles. The van der Waals surface area contributed by atoms with E-state index in [0.717, 1.165) is 18.3 Å². The fourth-order valence-corrected chi connectivity index (χ4v) is 1.57. The summed E-state index contributed by atoms with van der Waals surface area (Å²) in [5.74, 6) is -1.17. The van der Waals surface area contributed by atoms with Crippen LogP contribution in [-0.4, -0.2) is 16.1 Å². The van der Waals surface area contributed by atoms with Gasteiger partial charge in [0.15, 0.2) is 0 Å². The van der Waals surface area contributed by atoms with Crippen LogP contribution in [0.1, 0.15) is 15.9 Å². The van der Waals surface area contributed by atoms with Crippen molar-refractivity contribution in [3.63, 3.8) is 0 Å². The zero-order chi connectivity index (χ0) is 14.8. The SMILES string of the molecule is O=C(O)c1cnccc1Nc1ccc(C(F)(F)F)cc1. The maximum atomic E-state index is 12.4. The molecule has 2 rings (SSSR count). The number of nitrogens with one attached hydrogen (secondary N) is 1. The number of aromatic carboxylic acids is 1. The average molecular weight is 282 g/mol. The number of nitrogens with zero attached hydrogens (tertiary/aromatic N) is 1. The van der Waals surface area contributed by atoms with E-state index in [1.807, 2.05) is 0 Å². The average Bonchev–Trinajstić information content (AvgIpc) is 2.38. The van der Waals surface area contributed by atoms with Crippen molar-refractivity contribution in [2.75, 3.05) is 5.32 Å². The number of rotatable bonds is 3. The summed E-state index contributed by atoms with van der Waals surface area (Å²) >= 11 is 0. The van der Waals surface area contributed by atoms with Crippen molar-refractivity contribution in [2.45, 2.75) is 6.18 Å². The summed E-state index contributed by atoms with van der Waals surface area (Å²) < 4.78 is 37.2. The van der Waals surface area contributed by atoms with Crippen molar-refractivity contribution in [3.05, 3.63) is 53.9 Å². The number of carboxylic acids is 1. The predicted molar refractivity (Wildman–Crippen MR) is 65.9 cm³/mol. The Morgan fingerprint density at radius 3 is 2.35 bits per heavy atom. The van der Waals surface area contributed by atoms with Crippen molar-refractivity contribution in [1.29, 1.82) is 0 Å². The molecule has 2 N–H and O–H groups in total. The van der Waals surface area contributed by atoms with Gasteiger partial charge in [-0.1, -0.05) is 0 Å². The van der Waals surface area contributed by atoms with Crippen molar-refractivity contribution in [1.82, 2.24) is 4.98 Å². The molecule has 0 spiro atoms. The molecule has 0 aliphatic heterocycles. The van der Waals surface area contributed by atoms with E-state index >= 15 is 0 Å². The molecule has 1 aromatic heterocycles. The Bertz CT molecular complexity index is 624. The maximum Gasteiger partial charge on any atom is 0.416 e. The number of hydrogen-bond donors (Lipinski definition) is 2. The molecule has 104 valence electrons. The maximum absolute atomic E-state index is 12.4. The Kier molecular flexibility index (Phi) is 3.60. The second-order valence-electron chi connectivity index (χ2n) is 3.93. The van der Waals surface area contributed by atoms with Crippen LogP contribution in [0, 0.1) is 0 Å². The first-order valence-electron chi connectivity index (χ1n) is 5.49. The Labute approximate surface area is 111 Å². The number of anilines is 2. The van der Waals surface area contributed by atoms with Gasteiger partial charge in [0.2, 0.25) is 0 Å². The lowest BCUT2D eigenvalue weighted by molar-refractivity contribution is -0.137. The number of carbonyl (C=O) groups is 1. The molecule has 7 heteroatoms. The van der Waals surface area contributed by atoms with Crippen LogP contribution >= 0.6 is 0 Å². The second kappa shape index (κ2) is 5.20. The summed E-state index contributed by atoms with van der Waals surface area (Å²) in [5.41, 5.74) is -0.220. The van der Waals surface area contributed by atoms with Crippen LogP contribution in [0.25, 0.3) is 0 Å². The number of alkyl halides is 3. The third-order valence-electron chi connectivity index (χ3n) is 2.54. The third kappa shape index (κ3) is 3.05. The summed E-state index contributed by atoms with van der Waals surface area (Å²) in [6.45, 7) is 0. The van der Waals surface area contributed by atoms with Crippen LogP contribution in [0.15, 0.2) is 42.7 Å². The molecule has 0 fully saturated rings. The van der Waals surface area contributed by atoms with E-state index in [9.17, 15) is 18.0 Å². The minimum atomic E-state index is -4.40. The Balaban J connectivity index is 2.25. The molecule has 1 aromatic carbocycles. The Morgan fingerprint density at radius 1 is 1.15 bits per heavy atom. The molecule has 0 saturated carbocycles. The highest BCUT2D eigenvalue weighted by molar-refractivity contribution is 5.94. The van der Waals surface area contributed by atoms with E-state index in [0.29, 0.717) is 5.69 Å². The lowest BCUT2D eigenvalue weighted by Crippen LogP contribution is -2.05. The van der Waals surface area contributed by atoms with Crippen molar-refractivity contribution in [2.24, 2.45) is 0 Å². The van der Waals surface area contributed by atoms with E-state index in [1.165, 1.54) is 24.4 Å². The molecular formula is C13H9F3N2O2. The first kappa shape index (κ1) is 13.9. The van der Waals surface area contributed by atoms with Gasteiger partial charge in [-0.3, -0.25) is 4.98 Å². The van der Waals surface area contributed by atoms with Crippen molar-refractivity contribution >= 4 is 17.3 Å². The molecule has 0 atom stereocenters. The third-order valence-corrected chi connectivity index (χ3v) is 2.54. The Hall–Kier alpha value is -2.57. The smallest absolute Gasteiger partial charge is 0.416 e. The summed E-state index contributed by atoms with van der Waals surface area (Å²) in [4.78, 5) is 14.7. The fraction of sp³-hybridized carbons (Fsp3) is 0.0769. The van der Waals surface area contributed by atoms with Gasteiger partial charge in [-0.25, -0.2) is 4.79 Å². The molecule has 0 aliphatic rings. The summed E-state index contributed by atoms with van der Waals surface area (Å²) in [6, 6.07) is 5.73. The molecule has 0 aliphatic carbocycles. The highest BCUT2D eigenvalue weighted by Gasteiger charge is 2.29. The van der Waals surface area contributed by atoms with Gasteiger partial charge in [-0.2, -0.15) is 13.2 Å². The summed E-state index contributed by atoms with van der Waals surface area (Å²) in [6.07, 6.45) is -1.85. The van der Waals surface area contributed by atoms with E-state index in [1.54, 1.807) is 0 Å². The zero-order valence-electron chi connectivity index (χ0n) is 9.98. The van der Waals surface area contributed by atoms with Gasteiger partial charge >= 0.3 is 12.1 Å². The van der Waals surface area contributed by atoms with E-state index < -0.39 is 17.7 Å². The topological polar surface area (TPSA) is 62.2 Å². The number of benzene rings is 1. The first-order chi connectivity index (χ1) is 9.38. The lowest BCUT2D eigenvalue weighted by atomic mass is 10.2. The summed E-state index contributed by atoms with van der Waals surface area (Å²) in [5, 5.41) is 11.7. The van der Waals surface area contributed by atoms with Crippen LogP contribution in [0.3, 0.4) is 0 Å². The van der Waals surface area contributed by atoms with Gasteiger partial charge in [0, 0.05) is 18.1 Å². The van der Waals surface area contributed by atoms with Gasteiger partial charge in [-0.15, -0.1) is 0 Å². The standard InChI is InChI=1S/C13H9F3N2O2/c14-13(15,16)8-1-3-9(4-2-8)18-11-5-6-17-7-10(11)12(19)20/h1-7H,(H,17,18)(H,19,20). The molecule has 0 amide bonds. The summed E-state index contributed by atoms with van der Waals surface area (Å²) in [7, 11) is 0. The quantitative estimate of drug-likeness (QED) is 0.903. The van der Waals surface area contributed by atoms with Crippen LogP contribution in [0.2, 0.25) is 0 Å². The first-order valence-corrected chi connectivity index (χ1v) is 5.49. The highest BCUT2D eigenvalue weighted by atomic mass is 19.4. The van der Waals surface area contributed by atoms with Crippen LogP contribution < -0.4 is 5.32 Å². The Morgan fingerprint density at radius 2 is 1.80 bits per heavy atom. The zero-order valence-corrected chi connectivity index (χ0v) is 9.98. The predicted octanol–water partition coefficient (Wildman–Crippen LogP) is 3.54. The van der Waals surface area contributed by atoms with Crippen molar-refractivity contribution < 1.29 is 23.1 Å². The highest BCUT2D eigenvalue weighted by Crippen LogP contribution is 2.30. The minimum Gasteiger partial charge on any atom is -0.478 e. The minimum absolute atomic E-state index is 0.0626. The fourth-order valence-electron chi connectivity index (χ4n) is 1.57. The van der Waals surface area contributed by atoms with Crippen LogP contribution in [-0.2, 0) is 6.18 Å². The van der Waals surface area contributed by atoms with Gasteiger partial charge in [0.05, 0.1) is 11.3 Å². The normalized spacial score (nSPS) is 11.2. The number of hydrogen-bond acceptors (Lipinski definition) is 3. The van der Waals surface area contributed by atoms with E-state index in [-0.39, 0.29) is 11.3 Å². The van der Waals surface area contributed by atoms with Crippen LogP contribution in [0.5, 0.6) is 0 Å². The number of carboxylic acid groups (broad SMARTS) is 1. The largest absolute Gasteiger partial charge is 0.478 e. The number of pyridine rings is 1. The van der Waals surface area contributed by atoms with Gasteiger partial charge in [-0.05, 0) is 30.3 Å². The van der Waals surface area contributed by atoms with Gasteiger partial charge in [0.1, 0.15) is 5.56 Å². The van der Waals surface area contributed by atoms with Gasteiger partial charge < -0.3 is 10.4 Å². The monoisotopic (exact) mass is 282 g/mol. The van der Waals surface area contributed by atoms with E-state index in [2.05, 4.69) is 10.3 Å². The molecule has 0 unspecified atom stereocenters. The molecule has 0 bridgehead atoms. The number of aromatic nitrogens is 1. The molecule has 20 heavy (non-hydrogen) atoms. The molecular weight excluding hydrogens is 273 g/mol. The number of halogens is 3. The van der Waals surface area contributed by atoms with Gasteiger partial charge in [0.25, 0.3) is 0 Å². The molecule has 0 saturated heterocycles. The second-order valence-corrected chi connectivity index (χ2v) is 3.93. The van der Waals surface area contributed by atoms with Crippen molar-refractivity contribution in [3.8, 4) is 0 Å². The lowest BCUT2D eigenvalue weighted by Gasteiger charge is -2.11. The molecule has 4 nitrogen and oxygen atoms in total. The van der Waals surface area contributed by atoms with E-state index in [4.69, 9.17) is 5.11 Å².